The minimum absolute atomic E-state index is 0.122. The molecular weight excluding hydrogens is 474 g/mol. The van der Waals surface area contributed by atoms with Crippen LogP contribution in [0.15, 0.2) is 77.3 Å². The molecule has 3 aromatic carbocycles. The number of rotatable bonds is 9. The molecule has 0 spiro atoms. The van der Waals surface area contributed by atoms with E-state index in [1.165, 1.54) is 19.1 Å². The van der Waals surface area contributed by atoms with Gasteiger partial charge in [-0.05, 0) is 35.4 Å². The number of hydrogen-bond donors (Lipinski definition) is 1. The summed E-state index contributed by atoms with van der Waals surface area (Å²) in [6.45, 7) is 0.122. The fraction of sp³-hybridized carbons (Fsp3) is 0.200. The normalized spacial score (nSPS) is 11.5. The van der Waals surface area contributed by atoms with Crippen molar-refractivity contribution in [2.45, 2.75) is 19.0 Å². The molecule has 3 aromatic rings. The molecule has 1 amide bonds. The van der Waals surface area contributed by atoms with Gasteiger partial charge in [-0.1, -0.05) is 58.4 Å². The number of carboxylic acids is 1. The fourth-order valence-electron chi connectivity index (χ4n) is 3.45. The van der Waals surface area contributed by atoms with Crippen LogP contribution in [0.1, 0.15) is 21.5 Å². The van der Waals surface area contributed by atoms with E-state index in [1.807, 2.05) is 54.6 Å². The summed E-state index contributed by atoms with van der Waals surface area (Å²) < 4.78 is 11.5. The van der Waals surface area contributed by atoms with Crippen molar-refractivity contribution in [3.8, 4) is 11.5 Å². The highest BCUT2D eigenvalue weighted by atomic mass is 79.9. The van der Waals surface area contributed by atoms with Crippen molar-refractivity contribution in [2.75, 3.05) is 14.2 Å². The summed E-state index contributed by atoms with van der Waals surface area (Å²) in [5.41, 5.74) is 1.90. The van der Waals surface area contributed by atoms with Gasteiger partial charge in [-0.3, -0.25) is 4.79 Å². The van der Waals surface area contributed by atoms with Crippen LogP contribution in [0, 0.1) is 0 Å². The van der Waals surface area contributed by atoms with Crippen molar-refractivity contribution in [1.82, 2.24) is 4.90 Å². The first-order valence-corrected chi connectivity index (χ1v) is 10.8. The minimum Gasteiger partial charge on any atom is -0.497 e. The highest BCUT2D eigenvalue weighted by molar-refractivity contribution is 9.10. The first kappa shape index (κ1) is 23.3. The lowest BCUT2D eigenvalue weighted by Gasteiger charge is -2.30. The number of carboxylic acid groups (broad SMARTS) is 1. The van der Waals surface area contributed by atoms with Crippen LogP contribution in [0.2, 0.25) is 0 Å². The van der Waals surface area contributed by atoms with E-state index in [4.69, 9.17) is 9.47 Å². The molecule has 7 heteroatoms. The van der Waals surface area contributed by atoms with E-state index in [1.54, 1.807) is 18.2 Å². The Hall–Kier alpha value is -3.32. The molecule has 0 bridgehead atoms. The van der Waals surface area contributed by atoms with Crippen molar-refractivity contribution >= 4 is 27.8 Å². The summed E-state index contributed by atoms with van der Waals surface area (Å²) in [6.07, 6.45) is 0.175. The molecule has 0 aliphatic heterocycles. The van der Waals surface area contributed by atoms with Crippen LogP contribution < -0.4 is 9.47 Å². The summed E-state index contributed by atoms with van der Waals surface area (Å²) in [6, 6.07) is 20.5. The van der Waals surface area contributed by atoms with Crippen LogP contribution in [0.5, 0.6) is 11.5 Å². The van der Waals surface area contributed by atoms with Crippen LogP contribution in [0.4, 0.5) is 0 Å². The van der Waals surface area contributed by atoms with Gasteiger partial charge in [0, 0.05) is 23.5 Å². The topological polar surface area (TPSA) is 76.1 Å². The summed E-state index contributed by atoms with van der Waals surface area (Å²) >= 11 is 3.44. The standard InChI is InChI=1S/C25H24BrNO5/c1-31-20-11-12-21(23(15-20)32-2)24(28)27(16-18-9-6-10-19(26)13-18)22(25(29)30)14-17-7-4-3-5-8-17/h3-13,15,22H,14,16H2,1-2H3,(H,29,30)/t22-/m0/s1. The molecule has 1 N–H and O–H groups in total. The van der Waals surface area contributed by atoms with Crippen LogP contribution in [0.25, 0.3) is 0 Å². The number of nitrogens with zero attached hydrogens (tertiary/aromatic N) is 1. The number of benzene rings is 3. The summed E-state index contributed by atoms with van der Waals surface area (Å²) in [5.74, 6) is -0.661. The molecule has 0 aromatic heterocycles. The molecule has 166 valence electrons. The van der Waals surface area contributed by atoms with Crippen molar-refractivity contribution in [3.05, 3.63) is 94.0 Å². The average Bonchev–Trinajstić information content (AvgIpc) is 2.81. The Morgan fingerprint density at radius 3 is 2.28 bits per heavy atom. The maximum atomic E-state index is 13.7. The molecule has 0 heterocycles. The Morgan fingerprint density at radius 2 is 1.66 bits per heavy atom. The van der Waals surface area contributed by atoms with Gasteiger partial charge in [0.15, 0.2) is 0 Å². The molecule has 3 rings (SSSR count). The van der Waals surface area contributed by atoms with E-state index in [2.05, 4.69) is 15.9 Å². The van der Waals surface area contributed by atoms with Gasteiger partial charge in [-0.2, -0.15) is 0 Å². The second-order valence-corrected chi connectivity index (χ2v) is 8.09. The van der Waals surface area contributed by atoms with Crippen molar-refractivity contribution < 1.29 is 24.2 Å². The third kappa shape index (κ3) is 5.68. The number of aliphatic carboxylic acids is 1. The Kier molecular flexibility index (Phi) is 7.89. The van der Waals surface area contributed by atoms with Crippen molar-refractivity contribution in [1.29, 1.82) is 0 Å². The summed E-state index contributed by atoms with van der Waals surface area (Å²) in [5, 5.41) is 10.1. The maximum Gasteiger partial charge on any atom is 0.326 e. The second kappa shape index (κ2) is 10.8. The predicted octanol–water partition coefficient (Wildman–Crippen LogP) is 4.80. The van der Waals surface area contributed by atoms with Gasteiger partial charge < -0.3 is 19.5 Å². The number of halogens is 1. The highest BCUT2D eigenvalue weighted by Crippen LogP contribution is 2.28. The Morgan fingerprint density at radius 1 is 0.938 bits per heavy atom. The number of methoxy groups -OCH3 is 2. The molecule has 0 radical (unpaired) electrons. The molecule has 0 unspecified atom stereocenters. The summed E-state index contributed by atoms with van der Waals surface area (Å²) in [7, 11) is 2.99. The summed E-state index contributed by atoms with van der Waals surface area (Å²) in [4.78, 5) is 27.4. The smallest absolute Gasteiger partial charge is 0.326 e. The third-order valence-electron chi connectivity index (χ3n) is 5.08. The van der Waals surface area contributed by atoms with Crippen molar-refractivity contribution in [2.24, 2.45) is 0 Å². The monoisotopic (exact) mass is 497 g/mol. The molecule has 32 heavy (non-hydrogen) atoms. The van der Waals surface area contributed by atoms with Crippen molar-refractivity contribution in [3.63, 3.8) is 0 Å². The van der Waals surface area contributed by atoms with Crippen LogP contribution in [0.3, 0.4) is 0 Å². The SMILES string of the molecule is COc1ccc(C(=O)N(Cc2cccc(Br)c2)[C@@H](Cc2ccccc2)C(=O)O)c(OC)c1. The first-order valence-electron chi connectivity index (χ1n) is 9.97. The van der Waals surface area contributed by atoms with E-state index in [0.717, 1.165) is 15.6 Å². The van der Waals surface area contributed by atoms with Crippen LogP contribution in [-0.2, 0) is 17.8 Å². The van der Waals surface area contributed by atoms with Gasteiger partial charge in [0.05, 0.1) is 19.8 Å². The maximum absolute atomic E-state index is 13.7. The van der Waals surface area contributed by atoms with E-state index >= 15 is 0 Å². The number of hydrogen-bond acceptors (Lipinski definition) is 4. The lowest BCUT2D eigenvalue weighted by Crippen LogP contribution is -2.46. The van der Waals surface area contributed by atoms with Gasteiger partial charge in [0.2, 0.25) is 0 Å². The molecule has 0 fully saturated rings. The zero-order valence-electron chi connectivity index (χ0n) is 17.8. The van der Waals surface area contributed by atoms with Crippen LogP contribution in [-0.4, -0.2) is 42.1 Å². The Labute approximate surface area is 195 Å². The van der Waals surface area contributed by atoms with E-state index < -0.39 is 17.9 Å². The lowest BCUT2D eigenvalue weighted by molar-refractivity contribution is -0.142. The van der Waals surface area contributed by atoms with Gasteiger partial charge in [-0.15, -0.1) is 0 Å². The number of ether oxygens (including phenoxy) is 2. The Bertz CT molecular complexity index is 1090. The quantitative estimate of drug-likeness (QED) is 0.459. The van der Waals surface area contributed by atoms with Gasteiger partial charge >= 0.3 is 5.97 Å². The zero-order chi connectivity index (χ0) is 23.1. The third-order valence-corrected chi connectivity index (χ3v) is 5.57. The van der Waals surface area contributed by atoms with Gasteiger partial charge in [0.1, 0.15) is 17.5 Å². The van der Waals surface area contributed by atoms with Crippen LogP contribution >= 0.6 is 15.9 Å². The Balaban J connectivity index is 2.04. The highest BCUT2D eigenvalue weighted by Gasteiger charge is 2.32. The lowest BCUT2D eigenvalue weighted by atomic mass is 10.0. The number of carbonyl (C=O) groups is 2. The molecule has 0 saturated carbocycles. The predicted molar refractivity (Wildman–Crippen MR) is 125 cm³/mol. The first-order chi connectivity index (χ1) is 15.4. The van der Waals surface area contributed by atoms with E-state index in [0.29, 0.717) is 11.5 Å². The molecule has 6 nitrogen and oxygen atoms in total. The number of carbonyl (C=O) groups excluding carboxylic acids is 1. The largest absolute Gasteiger partial charge is 0.497 e. The second-order valence-electron chi connectivity index (χ2n) is 7.17. The molecule has 0 aliphatic rings. The van der Waals surface area contributed by atoms with E-state index in [-0.39, 0.29) is 18.5 Å². The zero-order valence-corrected chi connectivity index (χ0v) is 19.4. The molecule has 1 atom stereocenters. The minimum atomic E-state index is -1.08. The molecular formula is C25H24BrNO5. The molecule has 0 saturated heterocycles. The number of amides is 1. The van der Waals surface area contributed by atoms with Gasteiger partial charge in [-0.25, -0.2) is 4.79 Å². The average molecular weight is 498 g/mol. The fourth-order valence-corrected chi connectivity index (χ4v) is 3.90. The van der Waals surface area contributed by atoms with E-state index in [9.17, 15) is 14.7 Å². The molecule has 0 aliphatic carbocycles. The van der Waals surface area contributed by atoms with Gasteiger partial charge in [0.25, 0.3) is 5.91 Å².